The highest BCUT2D eigenvalue weighted by atomic mass is 32.2. The maximum atomic E-state index is 12.8. The summed E-state index contributed by atoms with van der Waals surface area (Å²) in [5, 5.41) is 0. The SMILES string of the molecule is Cc1ccc(S(=O)(=O)Nc2ccc(C(C)(C)c3ccc(C(C)(C)c4ccc(NS(=O)(=O)c5ccc(C)cc5)cc4)cc3)cc2)cc1. The maximum Gasteiger partial charge on any atom is 0.261 e. The second-order valence-electron chi connectivity index (χ2n) is 12.8. The summed E-state index contributed by atoms with van der Waals surface area (Å²) in [6, 6.07) is 37.1. The Morgan fingerprint density at radius 3 is 0.891 bits per heavy atom. The van der Waals surface area contributed by atoms with Gasteiger partial charge in [0.25, 0.3) is 20.0 Å². The van der Waals surface area contributed by atoms with Gasteiger partial charge in [0.15, 0.2) is 0 Å². The fourth-order valence-electron chi connectivity index (χ4n) is 5.41. The van der Waals surface area contributed by atoms with Crippen LogP contribution in [-0.4, -0.2) is 16.8 Å². The molecule has 238 valence electrons. The third-order valence-corrected chi connectivity index (χ3v) is 11.5. The van der Waals surface area contributed by atoms with E-state index in [1.54, 1.807) is 72.8 Å². The molecule has 0 fully saturated rings. The molecule has 0 heterocycles. The van der Waals surface area contributed by atoms with Gasteiger partial charge in [-0.15, -0.1) is 0 Å². The topological polar surface area (TPSA) is 92.3 Å². The molecule has 5 aromatic rings. The summed E-state index contributed by atoms with van der Waals surface area (Å²) in [7, 11) is -7.35. The van der Waals surface area contributed by atoms with Crippen molar-refractivity contribution in [1.82, 2.24) is 0 Å². The molecule has 0 aliphatic heterocycles. The van der Waals surface area contributed by atoms with Gasteiger partial charge in [-0.2, -0.15) is 0 Å². The molecule has 0 spiro atoms. The molecule has 5 aromatic carbocycles. The Kier molecular flexibility index (Phi) is 8.90. The minimum absolute atomic E-state index is 0.226. The molecule has 0 aliphatic rings. The van der Waals surface area contributed by atoms with E-state index in [0.717, 1.165) is 33.4 Å². The van der Waals surface area contributed by atoms with Crippen molar-refractivity contribution in [1.29, 1.82) is 0 Å². The summed E-state index contributed by atoms with van der Waals surface area (Å²) in [5.74, 6) is 0. The molecule has 0 saturated heterocycles. The van der Waals surface area contributed by atoms with Gasteiger partial charge in [-0.25, -0.2) is 16.8 Å². The van der Waals surface area contributed by atoms with Crippen molar-refractivity contribution in [3.8, 4) is 0 Å². The summed E-state index contributed by atoms with van der Waals surface area (Å²) in [6.45, 7) is 12.4. The van der Waals surface area contributed by atoms with Gasteiger partial charge in [0.2, 0.25) is 0 Å². The first-order valence-corrected chi connectivity index (χ1v) is 18.1. The Hall–Kier alpha value is -4.40. The largest absolute Gasteiger partial charge is 0.280 e. The molecule has 5 rings (SSSR count). The number of nitrogens with one attached hydrogen (secondary N) is 2. The third kappa shape index (κ3) is 7.03. The lowest BCUT2D eigenvalue weighted by Gasteiger charge is -2.30. The van der Waals surface area contributed by atoms with Crippen LogP contribution in [0.5, 0.6) is 0 Å². The number of aryl methyl sites for hydroxylation is 2. The van der Waals surface area contributed by atoms with Crippen molar-refractivity contribution in [3.05, 3.63) is 155 Å². The lowest BCUT2D eigenvalue weighted by molar-refractivity contribution is 0.599. The summed E-state index contributed by atoms with van der Waals surface area (Å²) >= 11 is 0. The van der Waals surface area contributed by atoms with E-state index in [2.05, 4.69) is 61.4 Å². The van der Waals surface area contributed by atoms with Gasteiger partial charge in [0, 0.05) is 22.2 Å². The minimum Gasteiger partial charge on any atom is -0.280 e. The van der Waals surface area contributed by atoms with Crippen molar-refractivity contribution < 1.29 is 16.8 Å². The smallest absolute Gasteiger partial charge is 0.261 e. The van der Waals surface area contributed by atoms with E-state index in [4.69, 9.17) is 0 Å². The molecular formula is C38H40N2O4S2. The number of hydrogen-bond acceptors (Lipinski definition) is 4. The zero-order valence-corrected chi connectivity index (χ0v) is 28.6. The van der Waals surface area contributed by atoms with Crippen LogP contribution in [0.3, 0.4) is 0 Å². The Morgan fingerprint density at radius 2 is 0.630 bits per heavy atom. The molecular weight excluding hydrogens is 613 g/mol. The molecule has 0 unspecified atom stereocenters. The molecule has 8 heteroatoms. The lowest BCUT2D eigenvalue weighted by atomic mass is 9.74. The van der Waals surface area contributed by atoms with Crippen molar-refractivity contribution >= 4 is 31.4 Å². The number of rotatable bonds is 10. The van der Waals surface area contributed by atoms with Crippen LogP contribution in [0, 0.1) is 13.8 Å². The highest BCUT2D eigenvalue weighted by Gasteiger charge is 2.27. The molecule has 0 radical (unpaired) electrons. The van der Waals surface area contributed by atoms with Crippen LogP contribution in [0.1, 0.15) is 61.1 Å². The standard InChI is InChI=1S/C38H40N2O4S2/c1-27-7-23-35(24-8-27)45(41,42)39-33-19-15-31(16-20-33)37(3,4)29-11-13-30(14-12-29)38(5,6)32-17-21-34(22-18-32)40-46(43,44)36-25-9-28(2)10-26-36/h7-26,39-40H,1-6H3. The van der Waals surface area contributed by atoms with Gasteiger partial charge in [0.1, 0.15) is 0 Å². The molecule has 0 atom stereocenters. The monoisotopic (exact) mass is 652 g/mol. The predicted molar refractivity (Wildman–Crippen MR) is 188 cm³/mol. The fraction of sp³-hybridized carbons (Fsp3) is 0.211. The summed E-state index contributed by atoms with van der Waals surface area (Å²) < 4.78 is 56.7. The Bertz CT molecular complexity index is 1880. The van der Waals surface area contributed by atoms with Gasteiger partial charge in [-0.05, 0) is 84.6 Å². The van der Waals surface area contributed by atoms with Gasteiger partial charge < -0.3 is 0 Å². The average Bonchev–Trinajstić information content (AvgIpc) is 3.02. The second-order valence-corrected chi connectivity index (χ2v) is 16.2. The van der Waals surface area contributed by atoms with E-state index in [-0.39, 0.29) is 20.6 Å². The van der Waals surface area contributed by atoms with Crippen LogP contribution in [0.2, 0.25) is 0 Å². The second kappa shape index (κ2) is 12.4. The zero-order valence-electron chi connectivity index (χ0n) is 27.0. The third-order valence-electron chi connectivity index (χ3n) is 8.71. The molecule has 0 aromatic heterocycles. The predicted octanol–water partition coefficient (Wildman–Crippen LogP) is 8.56. The molecule has 0 saturated carbocycles. The zero-order chi connectivity index (χ0) is 33.3. The lowest BCUT2D eigenvalue weighted by Crippen LogP contribution is -2.22. The van der Waals surface area contributed by atoms with Gasteiger partial charge in [0.05, 0.1) is 9.79 Å². The molecule has 0 amide bonds. The molecule has 2 N–H and O–H groups in total. The number of hydrogen-bond donors (Lipinski definition) is 2. The van der Waals surface area contributed by atoms with Crippen LogP contribution in [0.4, 0.5) is 11.4 Å². The summed E-state index contributed by atoms with van der Waals surface area (Å²) in [6.07, 6.45) is 0. The van der Waals surface area contributed by atoms with E-state index in [1.165, 1.54) is 0 Å². The number of benzene rings is 5. The first-order valence-electron chi connectivity index (χ1n) is 15.1. The van der Waals surface area contributed by atoms with Gasteiger partial charge in [-0.1, -0.05) is 112 Å². The Labute approximate surface area is 273 Å². The highest BCUT2D eigenvalue weighted by Crippen LogP contribution is 2.36. The first kappa shape index (κ1) is 33.0. The first-order chi connectivity index (χ1) is 21.6. The van der Waals surface area contributed by atoms with Gasteiger partial charge >= 0.3 is 0 Å². The van der Waals surface area contributed by atoms with E-state index >= 15 is 0 Å². The van der Waals surface area contributed by atoms with E-state index < -0.39 is 20.0 Å². The van der Waals surface area contributed by atoms with E-state index in [0.29, 0.717) is 11.4 Å². The van der Waals surface area contributed by atoms with Crippen LogP contribution in [-0.2, 0) is 30.9 Å². The van der Waals surface area contributed by atoms with Crippen LogP contribution in [0.15, 0.2) is 131 Å². The maximum absolute atomic E-state index is 12.8. The normalized spacial score (nSPS) is 12.5. The van der Waals surface area contributed by atoms with Crippen LogP contribution >= 0.6 is 0 Å². The Morgan fingerprint density at radius 1 is 0.391 bits per heavy atom. The number of anilines is 2. The molecule has 0 bridgehead atoms. The van der Waals surface area contributed by atoms with E-state index in [9.17, 15) is 16.8 Å². The quantitative estimate of drug-likeness (QED) is 0.158. The minimum atomic E-state index is -3.68. The van der Waals surface area contributed by atoms with E-state index in [1.807, 2.05) is 38.1 Å². The number of sulfonamides is 2. The highest BCUT2D eigenvalue weighted by molar-refractivity contribution is 7.93. The fourth-order valence-corrected chi connectivity index (χ4v) is 7.53. The average molecular weight is 653 g/mol. The van der Waals surface area contributed by atoms with Crippen LogP contribution < -0.4 is 9.44 Å². The molecule has 46 heavy (non-hydrogen) atoms. The molecule has 6 nitrogen and oxygen atoms in total. The van der Waals surface area contributed by atoms with Crippen molar-refractivity contribution in [2.75, 3.05) is 9.44 Å². The van der Waals surface area contributed by atoms with Crippen molar-refractivity contribution in [2.45, 2.75) is 62.2 Å². The summed E-state index contributed by atoms with van der Waals surface area (Å²) in [5.41, 5.74) is 6.72. The van der Waals surface area contributed by atoms with Crippen molar-refractivity contribution in [2.24, 2.45) is 0 Å². The van der Waals surface area contributed by atoms with Crippen LogP contribution in [0.25, 0.3) is 0 Å². The Balaban J connectivity index is 1.28. The molecule has 0 aliphatic carbocycles. The van der Waals surface area contributed by atoms with Crippen molar-refractivity contribution in [3.63, 3.8) is 0 Å². The summed E-state index contributed by atoms with van der Waals surface area (Å²) in [4.78, 5) is 0.452. The van der Waals surface area contributed by atoms with Gasteiger partial charge in [-0.3, -0.25) is 9.44 Å².